The number of amides is 1. The van der Waals surface area contributed by atoms with Crippen LogP contribution in [-0.2, 0) is 11.2 Å². The predicted molar refractivity (Wildman–Crippen MR) is 84.8 cm³/mol. The Morgan fingerprint density at radius 2 is 2.24 bits per heavy atom. The molecular formula is C16H23ClN2O2. The van der Waals surface area contributed by atoms with Crippen molar-refractivity contribution in [3.63, 3.8) is 0 Å². The maximum atomic E-state index is 12.1. The van der Waals surface area contributed by atoms with Crippen LogP contribution in [0.15, 0.2) is 24.3 Å². The monoisotopic (exact) mass is 310 g/mol. The molecule has 0 saturated carbocycles. The van der Waals surface area contributed by atoms with Crippen LogP contribution in [0.5, 0.6) is 0 Å². The summed E-state index contributed by atoms with van der Waals surface area (Å²) < 4.78 is 5.43. The zero-order chi connectivity index (χ0) is 15.5. The summed E-state index contributed by atoms with van der Waals surface area (Å²) in [5, 5.41) is 4.19. The molecule has 2 rings (SSSR count). The van der Waals surface area contributed by atoms with Crippen molar-refractivity contribution in [2.24, 2.45) is 0 Å². The Morgan fingerprint density at radius 3 is 2.90 bits per heavy atom. The van der Waals surface area contributed by atoms with Gasteiger partial charge in [-0.25, -0.2) is 4.79 Å². The first-order chi connectivity index (χ1) is 9.83. The fourth-order valence-corrected chi connectivity index (χ4v) is 2.62. The van der Waals surface area contributed by atoms with Crippen LogP contribution < -0.4 is 5.32 Å². The number of nitrogens with one attached hydrogen (secondary N) is 1. The van der Waals surface area contributed by atoms with Crippen molar-refractivity contribution >= 4 is 17.7 Å². The number of nitrogens with zero attached hydrogens (tertiary/aromatic N) is 1. The van der Waals surface area contributed by atoms with Gasteiger partial charge < -0.3 is 15.0 Å². The normalized spacial score (nSPS) is 19.4. The zero-order valence-corrected chi connectivity index (χ0v) is 13.6. The Bertz CT molecular complexity index is 499. The number of rotatable bonds is 2. The van der Waals surface area contributed by atoms with Crippen molar-refractivity contribution in [2.75, 3.05) is 19.6 Å². The number of ether oxygens (including phenoxy) is 1. The van der Waals surface area contributed by atoms with Crippen molar-refractivity contribution < 1.29 is 9.53 Å². The van der Waals surface area contributed by atoms with Crippen LogP contribution >= 0.6 is 11.6 Å². The second-order valence-corrected chi connectivity index (χ2v) is 6.85. The first-order valence-electron chi connectivity index (χ1n) is 7.29. The molecule has 1 N–H and O–H groups in total. The smallest absolute Gasteiger partial charge is 0.410 e. The van der Waals surface area contributed by atoms with E-state index >= 15 is 0 Å². The lowest BCUT2D eigenvalue weighted by atomic mass is 10.0. The largest absolute Gasteiger partial charge is 0.444 e. The fourth-order valence-electron chi connectivity index (χ4n) is 2.40. The zero-order valence-electron chi connectivity index (χ0n) is 12.9. The number of hydrogen-bond acceptors (Lipinski definition) is 3. The Morgan fingerprint density at radius 1 is 1.48 bits per heavy atom. The van der Waals surface area contributed by atoms with Gasteiger partial charge in [0, 0.05) is 30.7 Å². The molecule has 0 spiro atoms. The van der Waals surface area contributed by atoms with E-state index in [1.165, 1.54) is 5.56 Å². The Kier molecular flexibility index (Phi) is 5.12. The molecule has 1 amide bonds. The fraction of sp³-hybridized carbons (Fsp3) is 0.562. The van der Waals surface area contributed by atoms with Gasteiger partial charge in [-0.1, -0.05) is 23.7 Å². The van der Waals surface area contributed by atoms with Crippen molar-refractivity contribution in [3.05, 3.63) is 34.9 Å². The van der Waals surface area contributed by atoms with Gasteiger partial charge in [-0.2, -0.15) is 0 Å². The quantitative estimate of drug-likeness (QED) is 0.912. The standard InChI is InChI=1S/C16H23ClN2O2/c1-16(2,3)21-15(20)19-8-7-18-14(11-19)10-12-5-4-6-13(17)9-12/h4-6,9,14,18H,7-8,10-11H2,1-3H3/t14-/m1/s1. The minimum atomic E-state index is -0.454. The van der Waals surface area contributed by atoms with E-state index in [4.69, 9.17) is 16.3 Å². The lowest BCUT2D eigenvalue weighted by Gasteiger charge is -2.35. The van der Waals surface area contributed by atoms with Crippen LogP contribution in [0.2, 0.25) is 5.02 Å². The van der Waals surface area contributed by atoms with Gasteiger partial charge in [0.05, 0.1) is 0 Å². The van der Waals surface area contributed by atoms with Gasteiger partial charge in [0.15, 0.2) is 0 Å². The summed E-state index contributed by atoms with van der Waals surface area (Å²) in [4.78, 5) is 13.9. The molecule has 116 valence electrons. The lowest BCUT2D eigenvalue weighted by Crippen LogP contribution is -2.54. The minimum absolute atomic E-state index is 0.227. The second kappa shape index (κ2) is 6.67. The molecule has 1 aliphatic rings. The molecule has 0 unspecified atom stereocenters. The maximum Gasteiger partial charge on any atom is 0.410 e. The average molecular weight is 311 g/mol. The number of halogens is 1. The van der Waals surface area contributed by atoms with Crippen LogP contribution in [-0.4, -0.2) is 42.3 Å². The number of benzene rings is 1. The highest BCUT2D eigenvalue weighted by atomic mass is 35.5. The SMILES string of the molecule is CC(C)(C)OC(=O)N1CCN[C@H](Cc2cccc(Cl)c2)C1. The van der Waals surface area contributed by atoms with E-state index < -0.39 is 5.60 Å². The summed E-state index contributed by atoms with van der Waals surface area (Å²) in [5.74, 6) is 0. The first-order valence-corrected chi connectivity index (χ1v) is 7.67. The molecule has 0 aliphatic carbocycles. The van der Waals surface area contributed by atoms with E-state index in [1.807, 2.05) is 39.0 Å². The molecule has 0 aromatic heterocycles. The predicted octanol–water partition coefficient (Wildman–Crippen LogP) is 3.09. The van der Waals surface area contributed by atoms with E-state index in [2.05, 4.69) is 11.4 Å². The van der Waals surface area contributed by atoms with Crippen molar-refractivity contribution in [1.29, 1.82) is 0 Å². The minimum Gasteiger partial charge on any atom is -0.444 e. The van der Waals surface area contributed by atoms with Crippen LogP contribution in [0.4, 0.5) is 4.79 Å². The van der Waals surface area contributed by atoms with Gasteiger partial charge in [-0.05, 0) is 44.9 Å². The topological polar surface area (TPSA) is 41.6 Å². The van der Waals surface area contributed by atoms with Crippen LogP contribution in [0.3, 0.4) is 0 Å². The number of carbonyl (C=O) groups excluding carboxylic acids is 1. The first kappa shape index (κ1) is 16.1. The summed E-state index contributed by atoms with van der Waals surface area (Å²) >= 11 is 6.01. The summed E-state index contributed by atoms with van der Waals surface area (Å²) in [6.07, 6.45) is 0.611. The molecule has 1 heterocycles. The van der Waals surface area contributed by atoms with Gasteiger partial charge in [0.2, 0.25) is 0 Å². The third kappa shape index (κ3) is 5.21. The van der Waals surface area contributed by atoms with E-state index in [-0.39, 0.29) is 12.1 Å². The molecule has 0 radical (unpaired) electrons. The van der Waals surface area contributed by atoms with Crippen molar-refractivity contribution in [3.8, 4) is 0 Å². The lowest BCUT2D eigenvalue weighted by molar-refractivity contribution is 0.0195. The summed E-state index contributed by atoms with van der Waals surface area (Å²) in [6, 6.07) is 8.07. The molecule has 1 aliphatic heterocycles. The average Bonchev–Trinajstić information content (AvgIpc) is 2.37. The van der Waals surface area contributed by atoms with E-state index in [1.54, 1.807) is 4.90 Å². The van der Waals surface area contributed by atoms with Gasteiger partial charge in [0.25, 0.3) is 0 Å². The number of carbonyl (C=O) groups is 1. The highest BCUT2D eigenvalue weighted by Gasteiger charge is 2.27. The highest BCUT2D eigenvalue weighted by Crippen LogP contribution is 2.15. The number of hydrogen-bond donors (Lipinski definition) is 1. The van der Waals surface area contributed by atoms with Crippen LogP contribution in [0, 0.1) is 0 Å². The molecule has 21 heavy (non-hydrogen) atoms. The van der Waals surface area contributed by atoms with Gasteiger partial charge in [-0.15, -0.1) is 0 Å². The van der Waals surface area contributed by atoms with E-state index in [0.29, 0.717) is 13.1 Å². The molecule has 1 aromatic rings. The summed E-state index contributed by atoms with van der Waals surface area (Å²) in [7, 11) is 0. The molecule has 5 heteroatoms. The molecule has 1 saturated heterocycles. The maximum absolute atomic E-state index is 12.1. The highest BCUT2D eigenvalue weighted by molar-refractivity contribution is 6.30. The third-order valence-electron chi connectivity index (χ3n) is 3.28. The summed E-state index contributed by atoms with van der Waals surface area (Å²) in [6.45, 7) is 7.77. The van der Waals surface area contributed by atoms with E-state index in [0.717, 1.165) is 18.0 Å². The van der Waals surface area contributed by atoms with Gasteiger partial charge >= 0.3 is 6.09 Å². The Hall–Kier alpha value is -1.26. The molecule has 0 bridgehead atoms. The Balaban J connectivity index is 1.93. The van der Waals surface area contributed by atoms with Gasteiger partial charge in [-0.3, -0.25) is 0 Å². The molecule has 4 nitrogen and oxygen atoms in total. The molecular weight excluding hydrogens is 288 g/mol. The Labute approximate surface area is 131 Å². The molecule has 1 fully saturated rings. The second-order valence-electron chi connectivity index (χ2n) is 6.41. The summed E-state index contributed by atoms with van der Waals surface area (Å²) in [5.41, 5.74) is 0.718. The number of piperazine rings is 1. The van der Waals surface area contributed by atoms with E-state index in [9.17, 15) is 4.79 Å². The third-order valence-corrected chi connectivity index (χ3v) is 3.51. The van der Waals surface area contributed by atoms with Crippen LogP contribution in [0.25, 0.3) is 0 Å². The van der Waals surface area contributed by atoms with Crippen molar-refractivity contribution in [1.82, 2.24) is 10.2 Å². The molecule has 1 atom stereocenters. The molecule has 1 aromatic carbocycles. The van der Waals surface area contributed by atoms with Crippen LogP contribution in [0.1, 0.15) is 26.3 Å². The van der Waals surface area contributed by atoms with Crippen molar-refractivity contribution in [2.45, 2.75) is 38.8 Å². The van der Waals surface area contributed by atoms with Gasteiger partial charge in [0.1, 0.15) is 5.60 Å².